The Bertz CT molecular complexity index is 703. The number of benzene rings is 1. The van der Waals surface area contributed by atoms with Crippen molar-refractivity contribution in [3.05, 3.63) is 52.8 Å². The van der Waals surface area contributed by atoms with Gasteiger partial charge in [-0.1, -0.05) is 37.1 Å². The first-order valence-electron chi connectivity index (χ1n) is 8.64. The molecule has 2 aliphatic carbocycles. The van der Waals surface area contributed by atoms with E-state index in [2.05, 4.69) is 39.4 Å². The summed E-state index contributed by atoms with van der Waals surface area (Å²) in [4.78, 5) is 12.6. The largest absolute Gasteiger partial charge is 0.349 e. The fraction of sp³-hybridized carbons (Fsp3) is 0.474. The Morgan fingerprint density at radius 2 is 1.83 bits per heavy atom. The fourth-order valence-corrected chi connectivity index (χ4v) is 4.09. The predicted molar refractivity (Wildman–Crippen MR) is 89.6 cm³/mol. The van der Waals surface area contributed by atoms with Gasteiger partial charge in [-0.3, -0.25) is 9.48 Å². The second-order valence-electron chi connectivity index (χ2n) is 6.87. The number of nitrogens with zero attached hydrogens (tertiary/aromatic N) is 2. The van der Waals surface area contributed by atoms with E-state index in [1.807, 2.05) is 6.92 Å². The highest BCUT2D eigenvalue weighted by Gasteiger charge is 2.26. The molecule has 0 aliphatic heterocycles. The minimum absolute atomic E-state index is 0.0181. The Balaban J connectivity index is 1.46. The minimum atomic E-state index is 0.0181. The molecule has 2 aromatic rings. The van der Waals surface area contributed by atoms with Crippen LogP contribution in [0, 0.1) is 6.92 Å². The lowest BCUT2D eigenvalue weighted by atomic mass is 10.1. The second kappa shape index (κ2) is 5.84. The molecule has 1 N–H and O–H groups in total. The number of nitrogens with one attached hydrogen (secondary N) is 1. The van der Waals surface area contributed by atoms with Crippen LogP contribution < -0.4 is 5.32 Å². The van der Waals surface area contributed by atoms with Gasteiger partial charge in [0.2, 0.25) is 0 Å². The number of aromatic nitrogens is 2. The third-order valence-corrected chi connectivity index (χ3v) is 5.35. The molecule has 1 saturated carbocycles. The van der Waals surface area contributed by atoms with Crippen LogP contribution in [-0.2, 0) is 12.8 Å². The normalized spacial score (nSPS) is 18.3. The Hall–Kier alpha value is -2.10. The van der Waals surface area contributed by atoms with Crippen molar-refractivity contribution in [1.29, 1.82) is 0 Å². The third-order valence-electron chi connectivity index (χ3n) is 5.35. The first-order valence-corrected chi connectivity index (χ1v) is 8.64. The molecule has 0 atom stereocenters. The molecule has 4 nitrogen and oxygen atoms in total. The van der Waals surface area contributed by atoms with E-state index in [-0.39, 0.29) is 11.9 Å². The zero-order valence-electron chi connectivity index (χ0n) is 13.6. The number of amides is 1. The molecule has 0 spiro atoms. The van der Waals surface area contributed by atoms with E-state index in [9.17, 15) is 4.79 Å². The lowest BCUT2D eigenvalue weighted by Crippen LogP contribution is -2.35. The van der Waals surface area contributed by atoms with E-state index in [4.69, 9.17) is 0 Å². The van der Waals surface area contributed by atoms with E-state index in [0.717, 1.165) is 24.1 Å². The maximum absolute atomic E-state index is 12.6. The van der Waals surface area contributed by atoms with Gasteiger partial charge in [-0.15, -0.1) is 0 Å². The van der Waals surface area contributed by atoms with Crippen LogP contribution in [0.4, 0.5) is 0 Å². The van der Waals surface area contributed by atoms with Crippen LogP contribution in [0.1, 0.15) is 58.9 Å². The van der Waals surface area contributed by atoms with Gasteiger partial charge in [-0.2, -0.15) is 5.10 Å². The first kappa shape index (κ1) is 14.5. The number of carbonyl (C=O) groups is 1. The SMILES string of the molecule is Cc1c(C(=O)NC2Cc3ccccc3C2)cnn1C1CCCC1. The van der Waals surface area contributed by atoms with Crippen LogP contribution in [0.3, 0.4) is 0 Å². The molecule has 4 rings (SSSR count). The molecule has 0 saturated heterocycles. The fourth-order valence-electron chi connectivity index (χ4n) is 4.09. The topological polar surface area (TPSA) is 46.9 Å². The molecular weight excluding hydrogens is 286 g/mol. The van der Waals surface area contributed by atoms with Gasteiger partial charge in [-0.25, -0.2) is 0 Å². The van der Waals surface area contributed by atoms with Gasteiger partial charge in [0, 0.05) is 11.7 Å². The summed E-state index contributed by atoms with van der Waals surface area (Å²) in [7, 11) is 0. The van der Waals surface area contributed by atoms with E-state index in [0.29, 0.717) is 6.04 Å². The molecule has 1 aromatic carbocycles. The van der Waals surface area contributed by atoms with Crippen molar-refractivity contribution in [2.75, 3.05) is 0 Å². The van der Waals surface area contributed by atoms with E-state index < -0.39 is 0 Å². The van der Waals surface area contributed by atoms with Crippen molar-refractivity contribution in [3.8, 4) is 0 Å². The smallest absolute Gasteiger partial charge is 0.254 e. The lowest BCUT2D eigenvalue weighted by molar-refractivity contribution is 0.0938. The average Bonchev–Trinajstić information content (AvgIpc) is 3.24. The van der Waals surface area contributed by atoms with Crippen LogP contribution in [0.15, 0.2) is 30.5 Å². The lowest BCUT2D eigenvalue weighted by Gasteiger charge is -2.14. The van der Waals surface area contributed by atoms with E-state index in [1.165, 1.54) is 36.8 Å². The van der Waals surface area contributed by atoms with Gasteiger partial charge in [0.15, 0.2) is 0 Å². The number of hydrogen-bond donors (Lipinski definition) is 1. The molecule has 120 valence electrons. The van der Waals surface area contributed by atoms with E-state index in [1.54, 1.807) is 6.20 Å². The molecular formula is C19H23N3O. The Morgan fingerprint density at radius 1 is 1.17 bits per heavy atom. The summed E-state index contributed by atoms with van der Waals surface area (Å²) < 4.78 is 2.06. The molecule has 1 heterocycles. The molecule has 1 fully saturated rings. The molecule has 1 aromatic heterocycles. The monoisotopic (exact) mass is 309 g/mol. The van der Waals surface area contributed by atoms with Gasteiger partial charge in [0.1, 0.15) is 0 Å². The van der Waals surface area contributed by atoms with Crippen molar-refractivity contribution in [2.24, 2.45) is 0 Å². The van der Waals surface area contributed by atoms with Crippen LogP contribution in [0.25, 0.3) is 0 Å². The molecule has 1 amide bonds. The molecule has 4 heteroatoms. The van der Waals surface area contributed by atoms with Gasteiger partial charge in [0.05, 0.1) is 17.8 Å². The Kier molecular flexibility index (Phi) is 3.68. The number of carbonyl (C=O) groups excluding carboxylic acids is 1. The van der Waals surface area contributed by atoms with Crippen molar-refractivity contribution < 1.29 is 4.79 Å². The van der Waals surface area contributed by atoms with Crippen molar-refractivity contribution in [2.45, 2.75) is 57.5 Å². The molecule has 2 aliphatic rings. The number of fused-ring (bicyclic) bond motifs is 1. The molecule has 0 bridgehead atoms. The first-order chi connectivity index (χ1) is 11.2. The maximum atomic E-state index is 12.6. The summed E-state index contributed by atoms with van der Waals surface area (Å²) in [6.45, 7) is 2.02. The molecule has 23 heavy (non-hydrogen) atoms. The van der Waals surface area contributed by atoms with Gasteiger partial charge in [-0.05, 0) is 43.7 Å². The zero-order valence-corrected chi connectivity index (χ0v) is 13.6. The summed E-state index contributed by atoms with van der Waals surface area (Å²) in [5.74, 6) is 0.0181. The van der Waals surface area contributed by atoms with Crippen molar-refractivity contribution in [1.82, 2.24) is 15.1 Å². The third kappa shape index (κ3) is 2.67. The van der Waals surface area contributed by atoms with Crippen LogP contribution in [-0.4, -0.2) is 21.7 Å². The van der Waals surface area contributed by atoms with Crippen molar-refractivity contribution in [3.63, 3.8) is 0 Å². The summed E-state index contributed by atoms with van der Waals surface area (Å²) >= 11 is 0. The standard InChI is InChI=1S/C19H23N3O/c1-13-18(12-20-22(13)17-8-4-5-9-17)19(23)21-16-10-14-6-2-3-7-15(14)11-16/h2-3,6-7,12,16-17H,4-5,8-11H2,1H3,(H,21,23). The highest BCUT2D eigenvalue weighted by Crippen LogP contribution is 2.30. The molecule has 0 radical (unpaired) electrons. The summed E-state index contributed by atoms with van der Waals surface area (Å²) in [6, 6.07) is 9.13. The van der Waals surface area contributed by atoms with Crippen LogP contribution in [0.5, 0.6) is 0 Å². The van der Waals surface area contributed by atoms with Crippen LogP contribution in [0.2, 0.25) is 0 Å². The highest BCUT2D eigenvalue weighted by atomic mass is 16.1. The van der Waals surface area contributed by atoms with Crippen LogP contribution >= 0.6 is 0 Å². The van der Waals surface area contributed by atoms with Gasteiger partial charge >= 0.3 is 0 Å². The zero-order chi connectivity index (χ0) is 15.8. The number of rotatable bonds is 3. The van der Waals surface area contributed by atoms with Gasteiger partial charge in [0.25, 0.3) is 5.91 Å². The highest BCUT2D eigenvalue weighted by molar-refractivity contribution is 5.95. The second-order valence-corrected chi connectivity index (χ2v) is 6.87. The molecule has 0 unspecified atom stereocenters. The minimum Gasteiger partial charge on any atom is -0.349 e. The predicted octanol–water partition coefficient (Wildman–Crippen LogP) is 3.20. The van der Waals surface area contributed by atoms with Gasteiger partial charge < -0.3 is 5.32 Å². The maximum Gasteiger partial charge on any atom is 0.254 e. The summed E-state index contributed by atoms with van der Waals surface area (Å²) in [5.41, 5.74) is 4.45. The summed E-state index contributed by atoms with van der Waals surface area (Å²) in [6.07, 6.45) is 8.50. The van der Waals surface area contributed by atoms with Crippen molar-refractivity contribution >= 4 is 5.91 Å². The Morgan fingerprint density at radius 3 is 2.48 bits per heavy atom. The number of hydrogen-bond acceptors (Lipinski definition) is 2. The average molecular weight is 309 g/mol. The summed E-state index contributed by atoms with van der Waals surface area (Å²) in [5, 5.41) is 7.68. The van der Waals surface area contributed by atoms with E-state index >= 15 is 0 Å². The Labute approximate surface area is 136 Å². The quantitative estimate of drug-likeness (QED) is 0.946.